The van der Waals surface area contributed by atoms with Crippen LogP contribution in [0.15, 0.2) is 0 Å². The lowest BCUT2D eigenvalue weighted by atomic mass is 9.87. The van der Waals surface area contributed by atoms with Crippen molar-refractivity contribution in [2.75, 3.05) is 32.8 Å². The van der Waals surface area contributed by atoms with E-state index in [-0.39, 0.29) is 5.54 Å². The zero-order valence-electron chi connectivity index (χ0n) is 9.71. The van der Waals surface area contributed by atoms with Crippen LogP contribution in [0.1, 0.15) is 38.5 Å². The van der Waals surface area contributed by atoms with Crippen molar-refractivity contribution in [3.05, 3.63) is 0 Å². The molecule has 15 heavy (non-hydrogen) atoms. The number of nitrogens with zero attached hydrogens (tertiary/aromatic N) is 1. The maximum absolute atomic E-state index is 6.04. The Morgan fingerprint density at radius 2 is 1.80 bits per heavy atom. The molecule has 2 rings (SSSR count). The molecule has 2 saturated heterocycles. The molecule has 0 radical (unpaired) electrons. The Morgan fingerprint density at radius 1 is 1.00 bits per heavy atom. The maximum Gasteiger partial charge on any atom is 0.0484 e. The minimum absolute atomic E-state index is 0.261. The lowest BCUT2D eigenvalue weighted by molar-refractivity contribution is 0.0508. The molecule has 2 N–H and O–H groups in total. The molecule has 2 fully saturated rings. The minimum Gasteiger partial charge on any atom is -0.381 e. The van der Waals surface area contributed by atoms with Crippen LogP contribution in [-0.4, -0.2) is 43.3 Å². The van der Waals surface area contributed by atoms with Gasteiger partial charge in [0.1, 0.15) is 0 Å². The van der Waals surface area contributed by atoms with Gasteiger partial charge in [0, 0.05) is 25.3 Å². The molecule has 88 valence electrons. The second-order valence-electron chi connectivity index (χ2n) is 4.94. The zero-order chi connectivity index (χ0) is 10.6. The van der Waals surface area contributed by atoms with E-state index in [2.05, 4.69) is 4.90 Å². The first-order valence-corrected chi connectivity index (χ1v) is 6.40. The molecule has 3 nitrogen and oxygen atoms in total. The molecule has 1 atom stereocenters. The summed E-state index contributed by atoms with van der Waals surface area (Å²) < 4.78 is 5.56. The first-order chi connectivity index (χ1) is 7.37. The van der Waals surface area contributed by atoms with E-state index in [1.807, 2.05) is 0 Å². The van der Waals surface area contributed by atoms with Gasteiger partial charge in [0.15, 0.2) is 0 Å². The van der Waals surface area contributed by atoms with Crippen LogP contribution in [0.5, 0.6) is 0 Å². The monoisotopic (exact) mass is 212 g/mol. The summed E-state index contributed by atoms with van der Waals surface area (Å²) in [4.78, 5) is 2.64. The Kier molecular flexibility index (Phi) is 4.00. The van der Waals surface area contributed by atoms with Gasteiger partial charge in [0.25, 0.3) is 0 Å². The van der Waals surface area contributed by atoms with Crippen molar-refractivity contribution in [3.63, 3.8) is 0 Å². The van der Waals surface area contributed by atoms with Crippen LogP contribution >= 0.6 is 0 Å². The topological polar surface area (TPSA) is 38.5 Å². The Balaban J connectivity index is 2.03. The Labute approximate surface area is 93.0 Å². The van der Waals surface area contributed by atoms with Crippen molar-refractivity contribution >= 4 is 0 Å². The number of hydrogen-bond donors (Lipinski definition) is 1. The highest BCUT2D eigenvalue weighted by atomic mass is 16.5. The smallest absolute Gasteiger partial charge is 0.0484 e. The first kappa shape index (κ1) is 11.4. The second-order valence-corrected chi connectivity index (χ2v) is 4.94. The molecule has 2 heterocycles. The molecular weight excluding hydrogens is 188 g/mol. The summed E-state index contributed by atoms with van der Waals surface area (Å²) >= 11 is 0. The van der Waals surface area contributed by atoms with Crippen LogP contribution in [0, 0.1) is 0 Å². The van der Waals surface area contributed by atoms with Crippen LogP contribution in [0.25, 0.3) is 0 Å². The van der Waals surface area contributed by atoms with Crippen molar-refractivity contribution in [1.82, 2.24) is 4.90 Å². The average molecular weight is 212 g/mol. The quantitative estimate of drug-likeness (QED) is 0.751. The summed E-state index contributed by atoms with van der Waals surface area (Å²) in [5, 5.41) is 0. The van der Waals surface area contributed by atoms with Crippen molar-refractivity contribution in [2.45, 2.75) is 44.1 Å². The summed E-state index contributed by atoms with van der Waals surface area (Å²) in [5.41, 5.74) is 6.30. The summed E-state index contributed by atoms with van der Waals surface area (Å²) in [6.07, 6.45) is 7.62. The van der Waals surface area contributed by atoms with Crippen molar-refractivity contribution in [1.29, 1.82) is 0 Å². The van der Waals surface area contributed by atoms with Gasteiger partial charge in [-0.3, -0.25) is 4.90 Å². The fraction of sp³-hybridized carbons (Fsp3) is 1.00. The summed E-state index contributed by atoms with van der Waals surface area (Å²) in [6.45, 7) is 5.12. The van der Waals surface area contributed by atoms with Crippen molar-refractivity contribution in [3.8, 4) is 0 Å². The van der Waals surface area contributed by atoms with Gasteiger partial charge < -0.3 is 10.5 Å². The average Bonchev–Trinajstić information content (AvgIpc) is 2.56. The lowest BCUT2D eigenvalue weighted by Gasteiger charge is -2.44. The fourth-order valence-electron chi connectivity index (χ4n) is 3.01. The van der Waals surface area contributed by atoms with E-state index in [4.69, 9.17) is 10.5 Å². The second kappa shape index (κ2) is 5.28. The standard InChI is InChI=1S/C12H24N2O/c13-11-12(5-4-9-15-10-6-12)14-7-2-1-3-8-14/h1-11,13H2. The van der Waals surface area contributed by atoms with E-state index in [1.165, 1.54) is 45.2 Å². The molecule has 0 aliphatic carbocycles. The third-order valence-electron chi connectivity index (χ3n) is 4.05. The number of piperidine rings is 1. The van der Waals surface area contributed by atoms with Crippen LogP contribution < -0.4 is 5.73 Å². The zero-order valence-corrected chi connectivity index (χ0v) is 9.71. The molecule has 0 spiro atoms. The van der Waals surface area contributed by atoms with Gasteiger partial charge in [0.05, 0.1) is 0 Å². The van der Waals surface area contributed by atoms with Gasteiger partial charge in [-0.1, -0.05) is 6.42 Å². The van der Waals surface area contributed by atoms with Gasteiger partial charge in [-0.25, -0.2) is 0 Å². The van der Waals surface area contributed by atoms with Crippen LogP contribution in [0.3, 0.4) is 0 Å². The highest BCUT2D eigenvalue weighted by Gasteiger charge is 2.36. The largest absolute Gasteiger partial charge is 0.381 e. The summed E-state index contributed by atoms with van der Waals surface area (Å²) in [6, 6.07) is 0. The molecule has 0 aromatic heterocycles. The third-order valence-corrected chi connectivity index (χ3v) is 4.05. The van der Waals surface area contributed by atoms with Crippen LogP contribution in [0.2, 0.25) is 0 Å². The molecule has 0 saturated carbocycles. The Bertz CT molecular complexity index is 182. The minimum atomic E-state index is 0.261. The number of hydrogen-bond acceptors (Lipinski definition) is 3. The van der Waals surface area contributed by atoms with Gasteiger partial charge in [-0.2, -0.15) is 0 Å². The molecule has 1 unspecified atom stereocenters. The van der Waals surface area contributed by atoms with E-state index >= 15 is 0 Å². The van der Waals surface area contributed by atoms with Crippen molar-refractivity contribution in [2.24, 2.45) is 5.73 Å². The number of rotatable bonds is 2. The van der Waals surface area contributed by atoms with E-state index in [0.29, 0.717) is 0 Å². The lowest BCUT2D eigenvalue weighted by Crippen LogP contribution is -2.55. The number of nitrogens with two attached hydrogens (primary N) is 1. The van der Waals surface area contributed by atoms with Gasteiger partial charge >= 0.3 is 0 Å². The number of ether oxygens (including phenoxy) is 1. The van der Waals surface area contributed by atoms with E-state index in [1.54, 1.807) is 0 Å². The van der Waals surface area contributed by atoms with Gasteiger partial charge in [0.2, 0.25) is 0 Å². The molecule has 0 aromatic carbocycles. The fourth-order valence-corrected chi connectivity index (χ4v) is 3.01. The van der Waals surface area contributed by atoms with E-state index in [0.717, 1.165) is 26.2 Å². The van der Waals surface area contributed by atoms with Crippen LogP contribution in [-0.2, 0) is 4.74 Å². The van der Waals surface area contributed by atoms with E-state index in [9.17, 15) is 0 Å². The highest BCUT2D eigenvalue weighted by Crippen LogP contribution is 2.30. The van der Waals surface area contributed by atoms with Crippen molar-refractivity contribution < 1.29 is 4.74 Å². The van der Waals surface area contributed by atoms with Gasteiger partial charge in [-0.05, 0) is 45.2 Å². The predicted octanol–water partition coefficient (Wildman–Crippen LogP) is 1.37. The first-order valence-electron chi connectivity index (χ1n) is 6.40. The molecule has 0 bridgehead atoms. The molecule has 3 heteroatoms. The normalized spacial score (nSPS) is 35.0. The molecule has 2 aliphatic rings. The Morgan fingerprint density at radius 3 is 2.53 bits per heavy atom. The summed E-state index contributed by atoms with van der Waals surface area (Å²) in [7, 11) is 0. The SMILES string of the molecule is NCC1(N2CCCCC2)CCCOCC1. The molecule has 0 amide bonds. The molecule has 0 aromatic rings. The predicted molar refractivity (Wildman–Crippen MR) is 61.9 cm³/mol. The molecular formula is C12H24N2O. The Hall–Kier alpha value is -0.120. The molecule has 2 aliphatic heterocycles. The van der Waals surface area contributed by atoms with Gasteiger partial charge in [-0.15, -0.1) is 0 Å². The summed E-state index contributed by atoms with van der Waals surface area (Å²) in [5.74, 6) is 0. The third kappa shape index (κ3) is 2.52. The van der Waals surface area contributed by atoms with E-state index < -0.39 is 0 Å². The maximum atomic E-state index is 6.04. The van der Waals surface area contributed by atoms with Crippen LogP contribution in [0.4, 0.5) is 0 Å². The number of likely N-dealkylation sites (tertiary alicyclic amines) is 1. The highest BCUT2D eigenvalue weighted by molar-refractivity contribution is 4.93.